The number of imide groups is 1. The van der Waals surface area contributed by atoms with Gasteiger partial charge in [0.1, 0.15) is 23.7 Å². The lowest BCUT2D eigenvalue weighted by atomic mass is 10.2. The fraction of sp³-hybridized carbons (Fsp3) is 0.524. The highest BCUT2D eigenvalue weighted by molar-refractivity contribution is 14.1. The third-order valence-electron chi connectivity index (χ3n) is 5.32. The van der Waals surface area contributed by atoms with Crippen LogP contribution in [0.3, 0.4) is 0 Å². The number of hydrogen-bond donors (Lipinski definition) is 0. The molecule has 2 heterocycles. The van der Waals surface area contributed by atoms with E-state index in [2.05, 4.69) is 9.88 Å². The molecular formula is C21H24F2IN5O3. The number of anilines is 1. The van der Waals surface area contributed by atoms with Gasteiger partial charge in [0.2, 0.25) is 11.9 Å². The number of nitriles is 1. The van der Waals surface area contributed by atoms with Crippen LogP contribution in [0.4, 0.5) is 19.5 Å². The van der Waals surface area contributed by atoms with Gasteiger partial charge in [0.15, 0.2) is 11.6 Å². The fourth-order valence-electron chi connectivity index (χ4n) is 3.68. The third kappa shape index (κ3) is 5.01. The summed E-state index contributed by atoms with van der Waals surface area (Å²) in [5.41, 5.74) is -1.07. The molecule has 0 saturated carbocycles. The van der Waals surface area contributed by atoms with Crippen molar-refractivity contribution in [2.45, 2.75) is 39.2 Å². The van der Waals surface area contributed by atoms with Crippen molar-refractivity contribution in [2.24, 2.45) is 0 Å². The predicted octanol–water partition coefficient (Wildman–Crippen LogP) is 3.99. The van der Waals surface area contributed by atoms with Gasteiger partial charge in [-0.2, -0.15) is 10.2 Å². The zero-order valence-electron chi connectivity index (χ0n) is 17.7. The van der Waals surface area contributed by atoms with Crippen LogP contribution in [0.1, 0.15) is 38.2 Å². The Morgan fingerprint density at radius 2 is 2.03 bits per heavy atom. The highest BCUT2D eigenvalue weighted by Crippen LogP contribution is 2.30. The number of benzene rings is 1. The number of amides is 2. The summed E-state index contributed by atoms with van der Waals surface area (Å²) < 4.78 is 36.2. The van der Waals surface area contributed by atoms with Crippen molar-refractivity contribution in [3.05, 3.63) is 23.3 Å². The minimum absolute atomic E-state index is 0.0651. The topological polar surface area (TPSA) is 91.5 Å². The summed E-state index contributed by atoms with van der Waals surface area (Å²) in [4.78, 5) is 32.6. The van der Waals surface area contributed by atoms with E-state index in [4.69, 9.17) is 10.00 Å². The van der Waals surface area contributed by atoms with Crippen LogP contribution >= 0.6 is 22.6 Å². The van der Waals surface area contributed by atoms with E-state index < -0.39 is 29.2 Å². The molecule has 0 aliphatic carbocycles. The monoisotopic (exact) mass is 559 g/mol. The highest BCUT2D eigenvalue weighted by atomic mass is 127. The number of ether oxygens (including phenoxy) is 1. The maximum atomic E-state index is 15.0. The first kappa shape index (κ1) is 24.3. The van der Waals surface area contributed by atoms with Gasteiger partial charge in [-0.1, -0.05) is 35.9 Å². The molecule has 0 unspecified atom stereocenters. The van der Waals surface area contributed by atoms with E-state index in [-0.39, 0.29) is 34.6 Å². The molecule has 3 rings (SSSR count). The molecule has 11 heteroatoms. The number of unbranched alkanes of at least 4 members (excludes halogenated alkanes) is 1. The first-order chi connectivity index (χ1) is 15.4. The first-order valence-electron chi connectivity index (χ1n) is 10.5. The van der Waals surface area contributed by atoms with E-state index in [0.717, 1.165) is 43.3 Å². The second kappa shape index (κ2) is 11.0. The number of imidazole rings is 1. The number of carbonyl (C=O) groups excluding carboxylic acids is 2. The number of likely N-dealkylation sites (tertiary alicyclic amines) is 1. The molecule has 32 heavy (non-hydrogen) atoms. The molecule has 1 saturated heterocycles. The summed E-state index contributed by atoms with van der Waals surface area (Å²) in [6.07, 6.45) is 2.53. The van der Waals surface area contributed by atoms with Crippen LogP contribution in [0, 0.1) is 23.0 Å². The van der Waals surface area contributed by atoms with Crippen molar-refractivity contribution >= 4 is 51.6 Å². The van der Waals surface area contributed by atoms with Crippen molar-refractivity contribution in [3.63, 3.8) is 0 Å². The van der Waals surface area contributed by atoms with Crippen LogP contribution in [0.5, 0.6) is 0 Å². The number of carbonyl (C=O) groups is 2. The van der Waals surface area contributed by atoms with Crippen molar-refractivity contribution < 1.29 is 23.1 Å². The molecule has 1 aliphatic rings. The Kier molecular flexibility index (Phi) is 8.36. The molecular weight excluding hydrogens is 535 g/mol. The van der Waals surface area contributed by atoms with E-state index in [9.17, 15) is 18.4 Å². The first-order valence-corrected chi connectivity index (χ1v) is 12.0. The van der Waals surface area contributed by atoms with Crippen LogP contribution in [-0.2, 0) is 16.1 Å². The van der Waals surface area contributed by atoms with Gasteiger partial charge in [-0.15, -0.1) is 0 Å². The number of nitrogens with zero attached hydrogens (tertiary/aromatic N) is 5. The lowest BCUT2D eigenvalue weighted by Gasteiger charge is -2.21. The van der Waals surface area contributed by atoms with Crippen LogP contribution in [-0.4, -0.2) is 57.1 Å². The summed E-state index contributed by atoms with van der Waals surface area (Å²) in [6.45, 7) is 4.58. The standard InChI is InChI=1S/C21H24F2IN5O3/c1-2-3-8-28-19-17(23)14(13-25)11-15(22)18(19)26-20(28)29(16(30)12-24)21(31)32-10-9-27-6-4-5-7-27/h11H,2-10,12H2,1H3. The van der Waals surface area contributed by atoms with Crippen LogP contribution < -0.4 is 4.90 Å². The summed E-state index contributed by atoms with van der Waals surface area (Å²) >= 11 is 1.81. The van der Waals surface area contributed by atoms with Crippen molar-refractivity contribution in [1.82, 2.24) is 14.5 Å². The number of aryl methyl sites for hydroxylation is 1. The second-order valence-corrected chi connectivity index (χ2v) is 8.23. The second-order valence-electron chi connectivity index (χ2n) is 7.47. The van der Waals surface area contributed by atoms with Gasteiger partial charge < -0.3 is 9.30 Å². The number of rotatable bonds is 8. The Labute approximate surface area is 198 Å². The Morgan fingerprint density at radius 3 is 2.66 bits per heavy atom. The molecule has 0 bridgehead atoms. The van der Waals surface area contributed by atoms with Crippen molar-refractivity contribution in [1.29, 1.82) is 5.26 Å². The quantitative estimate of drug-likeness (QED) is 0.359. The normalized spacial score (nSPS) is 14.0. The number of hydrogen-bond acceptors (Lipinski definition) is 6. The maximum Gasteiger partial charge on any atom is 0.423 e. The molecule has 0 spiro atoms. The molecule has 1 aliphatic heterocycles. The number of fused-ring (bicyclic) bond motifs is 1. The molecule has 0 radical (unpaired) electrons. The number of alkyl halides is 1. The molecule has 1 aromatic heterocycles. The van der Waals surface area contributed by atoms with E-state index in [0.29, 0.717) is 13.0 Å². The minimum Gasteiger partial charge on any atom is -0.447 e. The zero-order chi connectivity index (χ0) is 23.3. The molecule has 1 fully saturated rings. The van der Waals surface area contributed by atoms with E-state index in [1.54, 1.807) is 28.7 Å². The fourth-order valence-corrected chi connectivity index (χ4v) is 4.02. The molecule has 0 atom stereocenters. The summed E-state index contributed by atoms with van der Waals surface area (Å²) in [5, 5.41) is 9.16. The molecule has 1 aromatic carbocycles. The lowest BCUT2D eigenvalue weighted by molar-refractivity contribution is -0.115. The van der Waals surface area contributed by atoms with Gasteiger partial charge in [0, 0.05) is 13.1 Å². The van der Waals surface area contributed by atoms with Gasteiger partial charge in [0.25, 0.3) is 0 Å². The highest BCUT2D eigenvalue weighted by Gasteiger charge is 2.32. The van der Waals surface area contributed by atoms with E-state index in [1.165, 1.54) is 4.57 Å². The summed E-state index contributed by atoms with van der Waals surface area (Å²) in [6, 6.07) is 2.39. The SMILES string of the molecule is CCCCn1c(N(C(=O)CI)C(=O)OCCN2CCCC2)nc2c(F)cc(C#N)c(F)c21. The Balaban J connectivity index is 2.02. The molecule has 0 N–H and O–H groups in total. The number of halogens is 3. The predicted molar refractivity (Wildman–Crippen MR) is 123 cm³/mol. The van der Waals surface area contributed by atoms with Crippen LogP contribution in [0.25, 0.3) is 11.0 Å². The van der Waals surface area contributed by atoms with Gasteiger partial charge in [0.05, 0.1) is 9.99 Å². The van der Waals surface area contributed by atoms with Crippen LogP contribution in [0.15, 0.2) is 6.07 Å². The van der Waals surface area contributed by atoms with Gasteiger partial charge in [-0.3, -0.25) is 9.69 Å². The average molecular weight is 559 g/mol. The van der Waals surface area contributed by atoms with Gasteiger partial charge in [-0.05, 0) is 38.4 Å². The van der Waals surface area contributed by atoms with E-state index >= 15 is 0 Å². The van der Waals surface area contributed by atoms with Crippen molar-refractivity contribution in [3.8, 4) is 6.07 Å². The Hall–Kier alpha value is -2.33. The molecule has 2 aromatic rings. The third-order valence-corrected chi connectivity index (χ3v) is 5.98. The van der Waals surface area contributed by atoms with Gasteiger partial charge in [-0.25, -0.2) is 18.6 Å². The average Bonchev–Trinajstić information content (AvgIpc) is 3.43. The summed E-state index contributed by atoms with van der Waals surface area (Å²) in [7, 11) is 0. The lowest BCUT2D eigenvalue weighted by Crippen LogP contribution is -2.41. The zero-order valence-corrected chi connectivity index (χ0v) is 19.9. The molecule has 8 nitrogen and oxygen atoms in total. The molecule has 172 valence electrons. The summed E-state index contributed by atoms with van der Waals surface area (Å²) in [5.74, 6) is -2.68. The Morgan fingerprint density at radius 1 is 1.31 bits per heavy atom. The number of aromatic nitrogens is 2. The Bertz CT molecular complexity index is 1050. The minimum atomic E-state index is -0.944. The maximum absolute atomic E-state index is 15.0. The van der Waals surface area contributed by atoms with Gasteiger partial charge >= 0.3 is 6.09 Å². The molecule has 2 amide bonds. The smallest absolute Gasteiger partial charge is 0.423 e. The van der Waals surface area contributed by atoms with Crippen LogP contribution in [0.2, 0.25) is 0 Å². The van der Waals surface area contributed by atoms with E-state index in [1.807, 2.05) is 6.92 Å². The van der Waals surface area contributed by atoms with Crippen molar-refractivity contribution in [2.75, 3.05) is 35.6 Å². The largest absolute Gasteiger partial charge is 0.447 e.